The fourth-order valence-corrected chi connectivity index (χ4v) is 4.46. The van der Waals surface area contributed by atoms with Crippen molar-refractivity contribution in [1.82, 2.24) is 5.43 Å². The summed E-state index contributed by atoms with van der Waals surface area (Å²) in [4.78, 5) is 11.7. The topological polar surface area (TPSA) is 121 Å². The Bertz CT molecular complexity index is 909. The van der Waals surface area contributed by atoms with Crippen molar-refractivity contribution in [2.75, 3.05) is 6.61 Å². The second kappa shape index (κ2) is 10.4. The molecule has 134 valence electrons. The maximum atomic E-state index is 11.7. The van der Waals surface area contributed by atoms with Crippen LogP contribution >= 0.6 is 47.8 Å². The minimum Gasteiger partial charge on any atom is -0.742 e. The predicted octanol–water partition coefficient (Wildman–Crippen LogP) is 0.00430. The van der Waals surface area contributed by atoms with E-state index in [0.29, 0.717) is 14.7 Å². The van der Waals surface area contributed by atoms with Gasteiger partial charge in [-0.15, -0.1) is 0 Å². The van der Waals surface area contributed by atoms with E-state index >= 15 is 0 Å². The Hall–Kier alpha value is -0.210. The average molecular weight is 583 g/mol. The number of hydrogen-bond donors (Lipinski definition) is 1. The third-order valence-electron chi connectivity index (χ3n) is 2.54. The Morgan fingerprint density at radius 3 is 2.42 bits per heavy atom. The van der Waals surface area contributed by atoms with Crippen molar-refractivity contribution in [3.05, 3.63) is 43.4 Å². The van der Waals surface area contributed by atoms with Crippen molar-refractivity contribution in [1.29, 1.82) is 0 Å². The normalized spacial score (nSPS) is 11.2. The molecule has 2 rings (SSSR count). The van der Waals surface area contributed by atoms with Gasteiger partial charge < -0.3 is 13.7 Å². The number of rotatable bonds is 6. The summed E-state index contributed by atoms with van der Waals surface area (Å²) in [5.41, 5.74) is 2.18. The molecule has 0 aliphatic heterocycles. The molecule has 26 heavy (non-hydrogen) atoms. The molecule has 1 heterocycles. The van der Waals surface area contributed by atoms with E-state index < -0.39 is 21.1 Å². The molecule has 8 nitrogen and oxygen atoms in total. The van der Waals surface area contributed by atoms with Crippen LogP contribution in [0.3, 0.4) is 0 Å². The van der Waals surface area contributed by atoms with Crippen molar-refractivity contribution in [2.45, 2.75) is 5.09 Å². The van der Waals surface area contributed by atoms with Gasteiger partial charge in [-0.3, -0.25) is 4.79 Å². The van der Waals surface area contributed by atoms with Crippen LogP contribution in [0.15, 0.2) is 52.3 Å². The Balaban J connectivity index is 0.00000338. The predicted molar refractivity (Wildman–Crippen MR) is 97.4 cm³/mol. The van der Waals surface area contributed by atoms with Gasteiger partial charge in [0.25, 0.3) is 5.91 Å². The van der Waals surface area contributed by atoms with E-state index in [0.717, 1.165) is 16.8 Å². The van der Waals surface area contributed by atoms with E-state index in [9.17, 15) is 17.8 Å². The fourth-order valence-electron chi connectivity index (χ4n) is 1.54. The number of furan rings is 1. The van der Waals surface area contributed by atoms with Gasteiger partial charge in [-0.1, -0.05) is 15.9 Å². The van der Waals surface area contributed by atoms with E-state index in [1.54, 1.807) is 12.1 Å². The summed E-state index contributed by atoms with van der Waals surface area (Å²) in [6, 6.07) is 5.74. The Morgan fingerprint density at radius 2 is 1.88 bits per heavy atom. The molecule has 2 aromatic rings. The van der Waals surface area contributed by atoms with Crippen LogP contribution in [0.5, 0.6) is 5.75 Å². The molecule has 1 aromatic heterocycles. The van der Waals surface area contributed by atoms with Crippen LogP contribution in [-0.4, -0.2) is 31.7 Å². The first-order valence-electron chi connectivity index (χ1n) is 6.32. The first kappa shape index (κ1) is 23.8. The molecule has 0 saturated heterocycles. The zero-order chi connectivity index (χ0) is 18.6. The number of halogens is 3. The van der Waals surface area contributed by atoms with Gasteiger partial charge in [0.2, 0.25) is 5.09 Å². The first-order valence-corrected chi connectivity index (χ1v) is 10.1. The molecule has 0 spiro atoms. The summed E-state index contributed by atoms with van der Waals surface area (Å²) in [5, 5.41) is 2.85. The second-order valence-electron chi connectivity index (χ2n) is 4.39. The van der Waals surface area contributed by atoms with Crippen molar-refractivity contribution < 1.29 is 56.5 Å². The third-order valence-corrected chi connectivity index (χ3v) is 4.89. The molecule has 0 unspecified atom stereocenters. The van der Waals surface area contributed by atoms with Gasteiger partial charge in [0.15, 0.2) is 16.7 Å². The van der Waals surface area contributed by atoms with E-state index in [1.807, 2.05) is 0 Å². The number of carbonyl (C=O) groups is 1. The molecular weight excluding hydrogens is 575 g/mol. The van der Waals surface area contributed by atoms with Crippen LogP contribution in [0.4, 0.5) is 0 Å². The quantitative estimate of drug-likeness (QED) is 0.222. The molecule has 0 bridgehead atoms. The van der Waals surface area contributed by atoms with Gasteiger partial charge in [0.05, 0.1) is 15.2 Å². The van der Waals surface area contributed by atoms with Crippen LogP contribution in [0, 0.1) is 0 Å². The SMILES string of the molecule is O=C(COc1c(Br)cc(Br)cc1Br)N/N=C/c1ccc(S(=O)(=O)[O-])o1.[Na+]. The summed E-state index contributed by atoms with van der Waals surface area (Å²) in [6.07, 6.45) is 1.05. The van der Waals surface area contributed by atoms with Gasteiger partial charge in [0, 0.05) is 4.47 Å². The maximum Gasteiger partial charge on any atom is 1.00 e. The van der Waals surface area contributed by atoms with Gasteiger partial charge in [-0.05, 0) is 56.1 Å². The van der Waals surface area contributed by atoms with Crippen LogP contribution in [0.25, 0.3) is 0 Å². The Kier molecular flexibility index (Phi) is 9.50. The molecule has 1 amide bonds. The maximum absolute atomic E-state index is 11.7. The molecule has 1 N–H and O–H groups in total. The van der Waals surface area contributed by atoms with E-state index in [-0.39, 0.29) is 41.9 Å². The van der Waals surface area contributed by atoms with E-state index in [2.05, 4.69) is 58.3 Å². The van der Waals surface area contributed by atoms with Gasteiger partial charge in [-0.25, -0.2) is 13.8 Å². The summed E-state index contributed by atoms with van der Waals surface area (Å²) in [6.45, 7) is -0.311. The molecular formula is C13H8Br3N2NaO6S. The van der Waals surface area contributed by atoms with Crippen LogP contribution in [0.1, 0.15) is 5.76 Å². The minimum atomic E-state index is -4.67. The number of nitrogens with zero attached hydrogens (tertiary/aromatic N) is 1. The molecule has 0 saturated carbocycles. The molecule has 0 radical (unpaired) electrons. The fraction of sp³-hybridized carbons (Fsp3) is 0.0769. The summed E-state index contributed by atoms with van der Waals surface area (Å²) >= 11 is 9.95. The van der Waals surface area contributed by atoms with Crippen LogP contribution in [0.2, 0.25) is 0 Å². The Labute approximate surface area is 196 Å². The van der Waals surface area contributed by atoms with Gasteiger partial charge in [-0.2, -0.15) is 5.10 Å². The van der Waals surface area contributed by atoms with Crippen molar-refractivity contribution in [3.63, 3.8) is 0 Å². The first-order chi connectivity index (χ1) is 11.7. The molecule has 1 aromatic carbocycles. The second-order valence-corrected chi connectivity index (χ2v) is 8.33. The summed E-state index contributed by atoms with van der Waals surface area (Å²) in [5.74, 6) is -0.117. The monoisotopic (exact) mass is 580 g/mol. The Morgan fingerprint density at radius 1 is 1.27 bits per heavy atom. The van der Waals surface area contributed by atoms with Crippen LogP contribution in [-0.2, 0) is 14.9 Å². The number of nitrogens with one attached hydrogen (secondary N) is 1. The number of amides is 1. The largest absolute Gasteiger partial charge is 1.00 e. The van der Waals surface area contributed by atoms with E-state index in [4.69, 9.17) is 9.15 Å². The van der Waals surface area contributed by atoms with Crippen molar-refractivity contribution in [3.8, 4) is 5.75 Å². The van der Waals surface area contributed by atoms with E-state index in [1.165, 1.54) is 6.07 Å². The minimum absolute atomic E-state index is 0. The van der Waals surface area contributed by atoms with Gasteiger partial charge >= 0.3 is 29.6 Å². The number of ether oxygens (including phenoxy) is 1. The number of benzene rings is 1. The van der Waals surface area contributed by atoms with Crippen molar-refractivity contribution >= 4 is 70.0 Å². The number of hydrazone groups is 1. The standard InChI is InChI=1S/C13H9Br3N2O6S.Na/c14-7-3-9(15)13(10(16)4-7)23-6-11(19)18-17-5-8-1-2-12(24-8)25(20,21)22;/h1-5H,6H2,(H,18,19)(H,20,21,22);/q;+1/p-1/b17-5+;. The smallest absolute Gasteiger partial charge is 0.742 e. The van der Waals surface area contributed by atoms with Crippen LogP contribution < -0.4 is 39.7 Å². The number of hydrogen-bond acceptors (Lipinski definition) is 7. The molecule has 0 aliphatic rings. The number of carbonyl (C=O) groups excluding carboxylic acids is 1. The molecule has 0 aliphatic carbocycles. The summed E-state index contributed by atoms with van der Waals surface area (Å²) < 4.78 is 44.5. The molecule has 0 atom stereocenters. The van der Waals surface area contributed by atoms with Gasteiger partial charge in [0.1, 0.15) is 11.5 Å². The van der Waals surface area contributed by atoms with Crippen molar-refractivity contribution in [2.24, 2.45) is 5.10 Å². The zero-order valence-corrected chi connectivity index (χ0v) is 20.6. The molecule has 0 fully saturated rings. The molecule has 13 heteroatoms. The average Bonchev–Trinajstić information content (AvgIpc) is 2.95. The summed E-state index contributed by atoms with van der Waals surface area (Å²) in [7, 11) is -4.67. The zero-order valence-electron chi connectivity index (χ0n) is 13.0. The third kappa shape index (κ3) is 7.08.